The van der Waals surface area contributed by atoms with Crippen LogP contribution in [0.15, 0.2) is 48.9 Å². The van der Waals surface area contributed by atoms with E-state index >= 15 is 0 Å². The lowest BCUT2D eigenvalue weighted by molar-refractivity contribution is 0.0940. The van der Waals surface area contributed by atoms with Crippen molar-refractivity contribution in [1.29, 1.82) is 0 Å². The number of carbonyl (C=O) groups is 1. The van der Waals surface area contributed by atoms with Crippen LogP contribution in [0.2, 0.25) is 0 Å². The van der Waals surface area contributed by atoms with Crippen molar-refractivity contribution >= 4 is 16.8 Å². The van der Waals surface area contributed by atoms with Gasteiger partial charge in [-0.25, -0.2) is 18.7 Å². The maximum Gasteiger partial charge on any atom is 0.251 e. The molecule has 0 unspecified atom stereocenters. The average Bonchev–Trinajstić information content (AvgIpc) is 3.29. The number of nitrogens with one attached hydrogen (secondary N) is 1. The molecular formula is C26H25F2N5O2. The van der Waals surface area contributed by atoms with Crippen LogP contribution in [0.1, 0.15) is 47.8 Å². The molecule has 0 atom stereocenters. The van der Waals surface area contributed by atoms with E-state index in [-0.39, 0.29) is 17.5 Å². The first-order chi connectivity index (χ1) is 16.9. The van der Waals surface area contributed by atoms with Gasteiger partial charge in [-0.15, -0.1) is 0 Å². The molecule has 180 valence electrons. The molecule has 2 N–H and O–H groups in total. The number of nitrogens with zero attached hydrogens (tertiary/aromatic N) is 4. The summed E-state index contributed by atoms with van der Waals surface area (Å²) in [6.07, 6.45) is 7.31. The monoisotopic (exact) mass is 477 g/mol. The van der Waals surface area contributed by atoms with Crippen LogP contribution in [0.25, 0.3) is 22.2 Å². The van der Waals surface area contributed by atoms with Crippen LogP contribution in [0.3, 0.4) is 0 Å². The zero-order chi connectivity index (χ0) is 24.5. The molecule has 9 heteroatoms. The molecule has 35 heavy (non-hydrogen) atoms. The highest BCUT2D eigenvalue weighted by Crippen LogP contribution is 2.33. The first-order valence-corrected chi connectivity index (χ1v) is 11.6. The summed E-state index contributed by atoms with van der Waals surface area (Å²) < 4.78 is 29.1. The lowest BCUT2D eigenvalue weighted by atomic mass is 9.86. The van der Waals surface area contributed by atoms with Gasteiger partial charge in [0.05, 0.1) is 17.3 Å². The second-order valence-corrected chi connectivity index (χ2v) is 9.10. The molecule has 0 saturated heterocycles. The zero-order valence-corrected chi connectivity index (χ0v) is 19.2. The van der Waals surface area contributed by atoms with E-state index in [0.717, 1.165) is 65.7 Å². The molecule has 2 heterocycles. The topological polar surface area (TPSA) is 92.9 Å². The van der Waals surface area contributed by atoms with Gasteiger partial charge in [0.2, 0.25) is 0 Å². The van der Waals surface area contributed by atoms with Crippen molar-refractivity contribution in [3.63, 3.8) is 0 Å². The van der Waals surface area contributed by atoms with Crippen molar-refractivity contribution in [3.05, 3.63) is 71.8 Å². The van der Waals surface area contributed by atoms with Crippen molar-refractivity contribution < 1.29 is 18.7 Å². The van der Waals surface area contributed by atoms with Gasteiger partial charge in [-0.2, -0.15) is 5.10 Å². The van der Waals surface area contributed by atoms with E-state index in [1.165, 1.54) is 0 Å². The van der Waals surface area contributed by atoms with Crippen LogP contribution < -0.4 is 5.32 Å². The second kappa shape index (κ2) is 9.40. The third-order valence-corrected chi connectivity index (χ3v) is 6.65. The molecule has 1 fully saturated rings. The molecule has 1 aliphatic rings. The second-order valence-electron chi connectivity index (χ2n) is 9.10. The average molecular weight is 478 g/mol. The summed E-state index contributed by atoms with van der Waals surface area (Å²) in [6.45, 7) is 2.37. The van der Waals surface area contributed by atoms with Gasteiger partial charge in [-0.3, -0.25) is 9.48 Å². The van der Waals surface area contributed by atoms with Crippen LogP contribution in [0.4, 0.5) is 8.78 Å². The highest BCUT2D eigenvalue weighted by atomic mass is 19.1. The zero-order valence-electron chi connectivity index (χ0n) is 19.2. The minimum absolute atomic E-state index is 0.147. The molecule has 0 aliphatic heterocycles. The minimum atomic E-state index is -1.15. The highest BCUT2D eigenvalue weighted by molar-refractivity contribution is 5.94. The summed E-state index contributed by atoms with van der Waals surface area (Å²) >= 11 is 0. The van der Waals surface area contributed by atoms with E-state index in [4.69, 9.17) is 5.10 Å². The first-order valence-electron chi connectivity index (χ1n) is 11.6. The number of fused-ring (bicyclic) bond motifs is 1. The number of amides is 1. The Bertz CT molecular complexity index is 1370. The van der Waals surface area contributed by atoms with Gasteiger partial charge in [-0.05, 0) is 62.8 Å². The van der Waals surface area contributed by atoms with E-state index < -0.39 is 23.3 Å². The summed E-state index contributed by atoms with van der Waals surface area (Å²) in [5.41, 5.74) is 3.55. The summed E-state index contributed by atoms with van der Waals surface area (Å²) in [6, 6.07) is 10.0. The summed E-state index contributed by atoms with van der Waals surface area (Å²) in [5.74, 6) is -3.66. The highest BCUT2D eigenvalue weighted by Gasteiger charge is 2.24. The Morgan fingerprint density at radius 1 is 1.09 bits per heavy atom. The number of benzene rings is 2. The van der Waals surface area contributed by atoms with Crippen molar-refractivity contribution in [1.82, 2.24) is 25.1 Å². The Morgan fingerprint density at radius 2 is 1.83 bits per heavy atom. The molecule has 1 saturated carbocycles. The lowest BCUT2D eigenvalue weighted by Gasteiger charge is -2.28. The Hall–Kier alpha value is -3.88. The third-order valence-electron chi connectivity index (χ3n) is 6.65. The Kier molecular flexibility index (Phi) is 6.15. The quantitative estimate of drug-likeness (QED) is 0.424. The van der Waals surface area contributed by atoms with Crippen LogP contribution in [-0.4, -0.2) is 37.3 Å². The van der Waals surface area contributed by atoms with Gasteiger partial charge < -0.3 is 10.4 Å². The van der Waals surface area contributed by atoms with Crippen molar-refractivity contribution in [2.24, 2.45) is 5.92 Å². The van der Waals surface area contributed by atoms with Gasteiger partial charge in [0.1, 0.15) is 6.33 Å². The first kappa shape index (κ1) is 22.9. The van der Waals surface area contributed by atoms with E-state index in [9.17, 15) is 18.7 Å². The summed E-state index contributed by atoms with van der Waals surface area (Å²) in [5, 5.41) is 17.8. The largest absolute Gasteiger partial charge is 0.503 e. The van der Waals surface area contributed by atoms with Gasteiger partial charge in [0, 0.05) is 34.9 Å². The van der Waals surface area contributed by atoms with Crippen molar-refractivity contribution in [2.75, 3.05) is 6.54 Å². The molecule has 0 spiro atoms. The number of aromatic nitrogens is 4. The molecule has 5 rings (SSSR count). The van der Waals surface area contributed by atoms with Crippen LogP contribution in [0.5, 0.6) is 5.75 Å². The van der Waals surface area contributed by atoms with Crippen LogP contribution in [-0.2, 0) is 0 Å². The maximum atomic E-state index is 13.5. The molecule has 1 amide bonds. The fourth-order valence-electron chi connectivity index (χ4n) is 4.64. The molecule has 1 aliphatic carbocycles. The van der Waals surface area contributed by atoms with E-state index in [0.29, 0.717) is 6.54 Å². The van der Waals surface area contributed by atoms with Crippen molar-refractivity contribution in [3.8, 4) is 17.0 Å². The Morgan fingerprint density at radius 3 is 2.54 bits per heavy atom. The number of aromatic hydroxyl groups is 1. The molecule has 2 aromatic heterocycles. The molecule has 2 aromatic carbocycles. The predicted octanol–water partition coefficient (Wildman–Crippen LogP) is 4.95. The number of hydrogen-bond acceptors (Lipinski definition) is 5. The number of aryl methyl sites for hydroxylation is 1. The standard InChI is InChI=1S/C26H25F2N5O2/c1-15-8-23(31-14-30-15)17-4-5-18-13-33(32-24(18)11-17)20-6-2-16(3-7-20)12-29-26(35)19-9-21(27)25(34)22(28)10-19/h4-5,8-11,13-14,16,20,34H,2-3,6-7,12H2,1H3,(H,29,35)/t16-,20-. The smallest absolute Gasteiger partial charge is 0.251 e. The molecular weight excluding hydrogens is 452 g/mol. The molecule has 0 radical (unpaired) electrons. The fraction of sp³-hybridized carbons (Fsp3) is 0.308. The minimum Gasteiger partial charge on any atom is -0.503 e. The maximum absolute atomic E-state index is 13.5. The van der Waals surface area contributed by atoms with Crippen LogP contribution >= 0.6 is 0 Å². The molecule has 0 bridgehead atoms. The van der Waals surface area contributed by atoms with Crippen LogP contribution in [0, 0.1) is 24.5 Å². The van der Waals surface area contributed by atoms with Crippen molar-refractivity contribution in [2.45, 2.75) is 38.6 Å². The van der Waals surface area contributed by atoms with Gasteiger partial charge in [-0.1, -0.05) is 12.1 Å². The number of halogens is 2. The van der Waals surface area contributed by atoms with E-state index in [2.05, 4.69) is 27.5 Å². The lowest BCUT2D eigenvalue weighted by Crippen LogP contribution is -2.31. The number of rotatable bonds is 5. The van der Waals surface area contributed by atoms with Gasteiger partial charge in [0.15, 0.2) is 17.4 Å². The normalized spacial score (nSPS) is 18.0. The number of carbonyl (C=O) groups excluding carboxylic acids is 1. The number of phenolic OH excluding ortho intramolecular Hbond substituents is 1. The Labute approximate surface area is 200 Å². The molecule has 7 nitrogen and oxygen atoms in total. The Balaban J connectivity index is 1.19. The summed E-state index contributed by atoms with van der Waals surface area (Å²) in [7, 11) is 0. The van der Waals surface area contributed by atoms with E-state index in [1.807, 2.05) is 29.8 Å². The van der Waals surface area contributed by atoms with E-state index in [1.54, 1.807) is 6.33 Å². The predicted molar refractivity (Wildman–Crippen MR) is 127 cm³/mol. The number of phenols is 1. The third kappa shape index (κ3) is 4.84. The number of hydrogen-bond donors (Lipinski definition) is 2. The van der Waals surface area contributed by atoms with Gasteiger partial charge in [0.25, 0.3) is 5.91 Å². The van der Waals surface area contributed by atoms with Gasteiger partial charge >= 0.3 is 0 Å². The molecule has 4 aromatic rings. The SMILES string of the molecule is Cc1cc(-c2ccc3cn([C@H]4CC[C@H](CNC(=O)c5cc(F)c(O)c(F)c5)CC4)nc3c2)ncn1. The summed E-state index contributed by atoms with van der Waals surface area (Å²) in [4.78, 5) is 20.8. The fourth-order valence-corrected chi connectivity index (χ4v) is 4.64.